The lowest BCUT2D eigenvalue weighted by Gasteiger charge is -2.31. The van der Waals surface area contributed by atoms with E-state index in [1.54, 1.807) is 0 Å². The van der Waals surface area contributed by atoms with Crippen molar-refractivity contribution in [2.75, 3.05) is 0 Å². The number of fused-ring (bicyclic) bond motifs is 2. The lowest BCUT2D eigenvalue weighted by Crippen LogP contribution is -2.50. The molecule has 2 bridgehead atoms. The quantitative estimate of drug-likeness (QED) is 0.858. The van der Waals surface area contributed by atoms with Crippen LogP contribution in [0.2, 0.25) is 0 Å². The number of hydrogen-bond acceptors (Lipinski definition) is 2. The first kappa shape index (κ1) is 11.1. The van der Waals surface area contributed by atoms with Crippen molar-refractivity contribution in [3.8, 4) is 0 Å². The number of hydrogen-bond donors (Lipinski definition) is 1. The second-order valence-corrected chi connectivity index (χ2v) is 5.17. The van der Waals surface area contributed by atoms with Crippen molar-refractivity contribution in [3.05, 3.63) is 35.4 Å². The predicted molar refractivity (Wildman–Crippen MR) is 59.5 cm³/mol. The molecule has 17 heavy (non-hydrogen) atoms. The first-order valence-corrected chi connectivity index (χ1v) is 5.95. The molecule has 92 valence electrons. The standard InChI is InChI=1S/C13H15F2NO/c14-9-2-1-8(11(15)5-9)6-13(16)7-10-3-4-12(13)17-10/h1-2,5,10,12H,3-4,6-7,16H2. The van der Waals surface area contributed by atoms with Gasteiger partial charge in [0.2, 0.25) is 0 Å². The van der Waals surface area contributed by atoms with Gasteiger partial charge >= 0.3 is 0 Å². The Morgan fingerprint density at radius 3 is 2.76 bits per heavy atom. The van der Waals surface area contributed by atoms with Crippen molar-refractivity contribution in [3.63, 3.8) is 0 Å². The maximum Gasteiger partial charge on any atom is 0.129 e. The van der Waals surface area contributed by atoms with Crippen LogP contribution >= 0.6 is 0 Å². The van der Waals surface area contributed by atoms with Gasteiger partial charge in [-0.25, -0.2) is 8.78 Å². The molecule has 1 aromatic rings. The fourth-order valence-corrected chi connectivity index (χ4v) is 3.04. The van der Waals surface area contributed by atoms with Crippen molar-refractivity contribution < 1.29 is 13.5 Å². The molecular formula is C13H15F2NO. The molecule has 0 saturated carbocycles. The summed E-state index contributed by atoms with van der Waals surface area (Å²) in [5.41, 5.74) is 6.29. The molecule has 2 saturated heterocycles. The van der Waals surface area contributed by atoms with Gasteiger partial charge in [0.25, 0.3) is 0 Å². The highest BCUT2D eigenvalue weighted by molar-refractivity contribution is 5.23. The van der Waals surface area contributed by atoms with Crippen LogP contribution in [0.15, 0.2) is 18.2 Å². The number of nitrogens with two attached hydrogens (primary N) is 1. The molecule has 3 rings (SSSR count). The summed E-state index contributed by atoms with van der Waals surface area (Å²) in [6.45, 7) is 0. The van der Waals surface area contributed by atoms with Gasteiger partial charge in [-0.05, 0) is 37.3 Å². The SMILES string of the molecule is NC1(Cc2ccc(F)cc2F)CC2CCC1O2. The van der Waals surface area contributed by atoms with Crippen molar-refractivity contribution in [1.82, 2.24) is 0 Å². The molecule has 0 amide bonds. The molecule has 0 radical (unpaired) electrons. The zero-order valence-electron chi connectivity index (χ0n) is 9.46. The van der Waals surface area contributed by atoms with Crippen LogP contribution < -0.4 is 5.73 Å². The van der Waals surface area contributed by atoms with Gasteiger partial charge in [-0.3, -0.25) is 0 Å². The van der Waals surface area contributed by atoms with Gasteiger partial charge in [0.15, 0.2) is 0 Å². The Morgan fingerprint density at radius 2 is 2.18 bits per heavy atom. The molecule has 0 aromatic heterocycles. The third kappa shape index (κ3) is 1.85. The van der Waals surface area contributed by atoms with Crippen LogP contribution in [-0.2, 0) is 11.2 Å². The second kappa shape index (κ2) is 3.75. The van der Waals surface area contributed by atoms with Crippen LogP contribution in [0, 0.1) is 11.6 Å². The highest BCUT2D eigenvalue weighted by atomic mass is 19.1. The van der Waals surface area contributed by atoms with Crippen molar-refractivity contribution in [2.45, 2.75) is 43.4 Å². The van der Waals surface area contributed by atoms with Crippen LogP contribution in [0.25, 0.3) is 0 Å². The molecule has 1 aromatic carbocycles. The molecule has 2 nitrogen and oxygen atoms in total. The van der Waals surface area contributed by atoms with Gasteiger partial charge in [0.05, 0.1) is 12.2 Å². The van der Waals surface area contributed by atoms with E-state index >= 15 is 0 Å². The van der Waals surface area contributed by atoms with E-state index in [1.807, 2.05) is 0 Å². The summed E-state index contributed by atoms with van der Waals surface area (Å²) in [4.78, 5) is 0. The van der Waals surface area contributed by atoms with Crippen molar-refractivity contribution in [1.29, 1.82) is 0 Å². The molecule has 3 unspecified atom stereocenters. The minimum atomic E-state index is -0.554. The molecular weight excluding hydrogens is 224 g/mol. The maximum atomic E-state index is 13.6. The highest BCUT2D eigenvalue weighted by Crippen LogP contribution is 2.42. The second-order valence-electron chi connectivity index (χ2n) is 5.17. The fourth-order valence-electron chi connectivity index (χ4n) is 3.04. The Bertz CT molecular complexity index is 451. The zero-order chi connectivity index (χ0) is 12.0. The molecule has 0 aliphatic carbocycles. The summed E-state index contributed by atoms with van der Waals surface area (Å²) >= 11 is 0. The van der Waals surface area contributed by atoms with E-state index in [1.165, 1.54) is 12.1 Å². The number of rotatable bonds is 2. The topological polar surface area (TPSA) is 35.2 Å². The largest absolute Gasteiger partial charge is 0.373 e. The summed E-state index contributed by atoms with van der Waals surface area (Å²) < 4.78 is 32.1. The normalized spacial score (nSPS) is 35.5. The maximum absolute atomic E-state index is 13.6. The highest BCUT2D eigenvalue weighted by Gasteiger charge is 2.49. The van der Waals surface area contributed by atoms with E-state index in [9.17, 15) is 8.78 Å². The summed E-state index contributed by atoms with van der Waals surface area (Å²) in [6.07, 6.45) is 3.44. The van der Waals surface area contributed by atoms with Crippen LogP contribution in [0.1, 0.15) is 24.8 Å². The number of ether oxygens (including phenoxy) is 1. The van der Waals surface area contributed by atoms with Gasteiger partial charge in [-0.2, -0.15) is 0 Å². The minimum Gasteiger partial charge on any atom is -0.373 e. The smallest absolute Gasteiger partial charge is 0.129 e. The molecule has 2 fully saturated rings. The van der Waals surface area contributed by atoms with Gasteiger partial charge in [0.1, 0.15) is 11.6 Å². The Morgan fingerprint density at radius 1 is 1.35 bits per heavy atom. The first-order chi connectivity index (χ1) is 8.07. The van der Waals surface area contributed by atoms with Gasteiger partial charge in [-0.15, -0.1) is 0 Å². The third-order valence-electron chi connectivity index (χ3n) is 3.89. The Labute approximate surface area is 98.8 Å². The van der Waals surface area contributed by atoms with Gasteiger partial charge in [0, 0.05) is 11.6 Å². The van der Waals surface area contributed by atoms with Crippen LogP contribution in [0.5, 0.6) is 0 Å². The van der Waals surface area contributed by atoms with Crippen LogP contribution in [-0.4, -0.2) is 17.7 Å². The van der Waals surface area contributed by atoms with E-state index in [0.717, 1.165) is 25.3 Å². The molecule has 2 aliphatic heterocycles. The van der Waals surface area contributed by atoms with E-state index in [2.05, 4.69) is 0 Å². The summed E-state index contributed by atoms with van der Waals surface area (Å²) in [7, 11) is 0. The van der Waals surface area contributed by atoms with E-state index in [-0.39, 0.29) is 12.2 Å². The zero-order valence-corrected chi connectivity index (χ0v) is 9.46. The molecule has 3 atom stereocenters. The number of halogens is 2. The average Bonchev–Trinajstić information content (AvgIpc) is 2.82. The van der Waals surface area contributed by atoms with Crippen molar-refractivity contribution >= 4 is 0 Å². The summed E-state index contributed by atoms with van der Waals surface area (Å²) in [6, 6.07) is 3.66. The summed E-state index contributed by atoms with van der Waals surface area (Å²) in [5, 5.41) is 0. The molecule has 2 N–H and O–H groups in total. The van der Waals surface area contributed by atoms with E-state index in [4.69, 9.17) is 10.5 Å². The fraction of sp³-hybridized carbons (Fsp3) is 0.538. The van der Waals surface area contributed by atoms with E-state index in [0.29, 0.717) is 12.0 Å². The Hall–Kier alpha value is -1.00. The minimum absolute atomic E-state index is 0.0250. The summed E-state index contributed by atoms with van der Waals surface area (Å²) in [5.74, 6) is -1.07. The average molecular weight is 239 g/mol. The molecule has 2 heterocycles. The van der Waals surface area contributed by atoms with Crippen molar-refractivity contribution in [2.24, 2.45) is 5.73 Å². The first-order valence-electron chi connectivity index (χ1n) is 5.95. The molecule has 4 heteroatoms. The van der Waals surface area contributed by atoms with Gasteiger partial charge < -0.3 is 10.5 Å². The monoisotopic (exact) mass is 239 g/mol. The predicted octanol–water partition coefficient (Wildman–Crippen LogP) is 2.16. The lowest BCUT2D eigenvalue weighted by atomic mass is 9.78. The Kier molecular flexibility index (Phi) is 2.45. The molecule has 2 aliphatic rings. The van der Waals surface area contributed by atoms with Gasteiger partial charge in [-0.1, -0.05) is 6.07 Å². The molecule has 0 spiro atoms. The third-order valence-corrected chi connectivity index (χ3v) is 3.89. The lowest BCUT2D eigenvalue weighted by molar-refractivity contribution is 0.0855. The Balaban J connectivity index is 1.83. The number of benzene rings is 1. The van der Waals surface area contributed by atoms with Crippen LogP contribution in [0.3, 0.4) is 0 Å². The van der Waals surface area contributed by atoms with E-state index < -0.39 is 17.2 Å². The van der Waals surface area contributed by atoms with Crippen LogP contribution in [0.4, 0.5) is 8.78 Å².